The Kier molecular flexibility index (Phi) is 3.83. The smallest absolute Gasteiger partial charge is 0.224 e. The van der Waals surface area contributed by atoms with Crippen LogP contribution in [0.25, 0.3) is 0 Å². The highest BCUT2D eigenvalue weighted by atomic mass is 35.5. The minimum atomic E-state index is 0.122. The molecular weight excluding hydrogens is 222 g/mol. The van der Waals surface area contributed by atoms with Crippen LogP contribution in [0.15, 0.2) is 24.3 Å². The summed E-state index contributed by atoms with van der Waals surface area (Å²) in [7, 11) is 0. The molecule has 1 aliphatic rings. The molecule has 0 saturated heterocycles. The molecule has 0 heterocycles. The van der Waals surface area contributed by atoms with E-state index in [1.54, 1.807) is 0 Å². The topological polar surface area (TPSA) is 29.1 Å². The zero-order valence-electron chi connectivity index (χ0n) is 9.21. The zero-order valence-corrected chi connectivity index (χ0v) is 9.96. The third kappa shape index (κ3) is 2.99. The summed E-state index contributed by atoms with van der Waals surface area (Å²) in [5, 5.41) is 2.92. The molecule has 0 unspecified atom stereocenters. The Morgan fingerprint density at radius 1 is 1.44 bits per heavy atom. The summed E-state index contributed by atoms with van der Waals surface area (Å²) in [6.07, 6.45) is 4.34. The monoisotopic (exact) mass is 237 g/mol. The largest absolute Gasteiger partial charge is 0.326 e. The van der Waals surface area contributed by atoms with E-state index in [1.165, 1.54) is 19.3 Å². The van der Waals surface area contributed by atoms with Gasteiger partial charge < -0.3 is 5.32 Å². The van der Waals surface area contributed by atoms with Crippen molar-refractivity contribution in [2.75, 3.05) is 5.32 Å². The summed E-state index contributed by atoms with van der Waals surface area (Å²) < 4.78 is 0. The number of nitrogens with one attached hydrogen (secondary N) is 1. The predicted octanol–water partition coefficient (Wildman–Crippen LogP) is 3.55. The van der Waals surface area contributed by atoms with Crippen LogP contribution in [0.5, 0.6) is 0 Å². The van der Waals surface area contributed by atoms with Crippen molar-refractivity contribution in [3.8, 4) is 0 Å². The number of anilines is 1. The first-order valence-corrected chi connectivity index (χ1v) is 6.26. The van der Waals surface area contributed by atoms with E-state index in [9.17, 15) is 4.79 Å². The van der Waals surface area contributed by atoms with Gasteiger partial charge in [0.1, 0.15) is 0 Å². The first kappa shape index (κ1) is 11.5. The number of carbonyl (C=O) groups is 1. The Bertz CT molecular complexity index is 374. The maximum Gasteiger partial charge on any atom is 0.224 e. The number of hydrogen-bond donors (Lipinski definition) is 1. The molecule has 1 amide bonds. The Balaban J connectivity index is 1.89. The molecule has 0 bridgehead atoms. The predicted molar refractivity (Wildman–Crippen MR) is 66.6 cm³/mol. The molecule has 0 aromatic heterocycles. The van der Waals surface area contributed by atoms with Crippen molar-refractivity contribution in [1.82, 2.24) is 0 Å². The summed E-state index contributed by atoms with van der Waals surface area (Å²) in [6.45, 7) is 0. The second kappa shape index (κ2) is 5.35. The normalized spacial score (nSPS) is 15.6. The average Bonchev–Trinajstić information content (AvgIpc) is 2.24. The van der Waals surface area contributed by atoms with Gasteiger partial charge in [-0.2, -0.15) is 0 Å². The van der Waals surface area contributed by atoms with E-state index in [1.807, 2.05) is 24.3 Å². The molecule has 1 aromatic rings. The lowest BCUT2D eigenvalue weighted by Gasteiger charge is -2.24. The van der Waals surface area contributed by atoms with Crippen molar-refractivity contribution in [3.05, 3.63) is 29.8 Å². The molecular formula is C13H16ClNO. The Hall–Kier alpha value is -1.02. The van der Waals surface area contributed by atoms with Crippen molar-refractivity contribution in [1.29, 1.82) is 0 Å². The van der Waals surface area contributed by atoms with Gasteiger partial charge in [-0.05, 0) is 36.5 Å². The van der Waals surface area contributed by atoms with E-state index in [2.05, 4.69) is 5.32 Å². The molecule has 0 atom stereocenters. The van der Waals surface area contributed by atoms with Crippen LogP contribution in [0.4, 0.5) is 5.69 Å². The van der Waals surface area contributed by atoms with Gasteiger partial charge in [0.05, 0.1) is 0 Å². The van der Waals surface area contributed by atoms with Gasteiger partial charge in [0.2, 0.25) is 5.91 Å². The molecule has 0 aliphatic heterocycles. The molecule has 3 heteroatoms. The Labute approximate surface area is 101 Å². The third-order valence-electron chi connectivity index (χ3n) is 3.06. The van der Waals surface area contributed by atoms with E-state index >= 15 is 0 Å². The van der Waals surface area contributed by atoms with Crippen LogP contribution < -0.4 is 5.32 Å². The van der Waals surface area contributed by atoms with Gasteiger partial charge in [0.25, 0.3) is 0 Å². The van der Waals surface area contributed by atoms with E-state index in [0.717, 1.165) is 11.3 Å². The van der Waals surface area contributed by atoms with Gasteiger partial charge in [-0.15, -0.1) is 11.6 Å². The summed E-state index contributed by atoms with van der Waals surface area (Å²) in [5.41, 5.74) is 1.88. The lowest BCUT2D eigenvalue weighted by molar-refractivity contribution is -0.117. The lowest BCUT2D eigenvalue weighted by Crippen LogP contribution is -2.20. The number of amides is 1. The Morgan fingerprint density at radius 2 is 2.25 bits per heavy atom. The van der Waals surface area contributed by atoms with E-state index in [0.29, 0.717) is 18.2 Å². The molecule has 16 heavy (non-hydrogen) atoms. The Morgan fingerprint density at radius 3 is 2.88 bits per heavy atom. The van der Waals surface area contributed by atoms with Crippen LogP contribution >= 0.6 is 11.6 Å². The summed E-state index contributed by atoms with van der Waals surface area (Å²) >= 11 is 5.74. The van der Waals surface area contributed by atoms with Gasteiger partial charge in [0, 0.05) is 18.0 Å². The minimum Gasteiger partial charge on any atom is -0.326 e. The van der Waals surface area contributed by atoms with E-state index in [-0.39, 0.29) is 5.91 Å². The second-order valence-corrected chi connectivity index (χ2v) is 4.65. The number of carbonyl (C=O) groups excluding carboxylic acids is 1. The van der Waals surface area contributed by atoms with Crippen molar-refractivity contribution in [3.63, 3.8) is 0 Å². The number of alkyl halides is 1. The van der Waals surface area contributed by atoms with Crippen LogP contribution in [-0.2, 0) is 10.7 Å². The molecule has 2 rings (SSSR count). The first-order chi connectivity index (χ1) is 7.78. The second-order valence-electron chi connectivity index (χ2n) is 4.38. The van der Waals surface area contributed by atoms with Crippen LogP contribution in [0, 0.1) is 5.92 Å². The fourth-order valence-electron chi connectivity index (χ4n) is 1.90. The summed E-state index contributed by atoms with van der Waals surface area (Å²) in [5.74, 6) is 1.21. The fourth-order valence-corrected chi connectivity index (χ4v) is 2.07. The maximum absolute atomic E-state index is 11.7. The maximum atomic E-state index is 11.7. The molecule has 1 aliphatic carbocycles. The van der Waals surface area contributed by atoms with Crippen LogP contribution in [0.2, 0.25) is 0 Å². The highest BCUT2D eigenvalue weighted by Gasteiger charge is 2.20. The number of halogens is 1. The lowest BCUT2D eigenvalue weighted by atomic mass is 9.83. The van der Waals surface area contributed by atoms with Crippen molar-refractivity contribution >= 4 is 23.2 Å². The minimum absolute atomic E-state index is 0.122. The first-order valence-electron chi connectivity index (χ1n) is 5.72. The molecule has 0 radical (unpaired) electrons. The molecule has 0 spiro atoms. The molecule has 1 aromatic carbocycles. The van der Waals surface area contributed by atoms with Gasteiger partial charge >= 0.3 is 0 Å². The van der Waals surface area contributed by atoms with Crippen molar-refractivity contribution in [2.24, 2.45) is 5.92 Å². The molecule has 1 N–H and O–H groups in total. The van der Waals surface area contributed by atoms with Gasteiger partial charge in [-0.25, -0.2) is 0 Å². The summed E-state index contributed by atoms with van der Waals surface area (Å²) in [6, 6.07) is 7.69. The van der Waals surface area contributed by atoms with Crippen molar-refractivity contribution < 1.29 is 4.79 Å². The third-order valence-corrected chi connectivity index (χ3v) is 3.37. The molecule has 2 nitrogen and oxygen atoms in total. The van der Waals surface area contributed by atoms with E-state index < -0.39 is 0 Å². The quantitative estimate of drug-likeness (QED) is 0.798. The SMILES string of the molecule is O=C(CC1CCC1)Nc1cccc(CCl)c1. The average molecular weight is 238 g/mol. The molecule has 1 saturated carbocycles. The van der Waals surface area contributed by atoms with Crippen LogP contribution in [-0.4, -0.2) is 5.91 Å². The summed E-state index contributed by atoms with van der Waals surface area (Å²) in [4.78, 5) is 11.7. The number of benzene rings is 1. The molecule has 86 valence electrons. The highest BCUT2D eigenvalue weighted by Crippen LogP contribution is 2.29. The fraction of sp³-hybridized carbons (Fsp3) is 0.462. The highest BCUT2D eigenvalue weighted by molar-refractivity contribution is 6.17. The van der Waals surface area contributed by atoms with Crippen LogP contribution in [0.1, 0.15) is 31.2 Å². The number of rotatable bonds is 4. The van der Waals surface area contributed by atoms with E-state index in [4.69, 9.17) is 11.6 Å². The van der Waals surface area contributed by atoms with Crippen LogP contribution in [0.3, 0.4) is 0 Å². The van der Waals surface area contributed by atoms with Gasteiger partial charge in [0.15, 0.2) is 0 Å². The van der Waals surface area contributed by atoms with Gasteiger partial charge in [-0.1, -0.05) is 18.6 Å². The van der Waals surface area contributed by atoms with Crippen molar-refractivity contribution in [2.45, 2.75) is 31.6 Å². The standard InChI is InChI=1S/C13H16ClNO/c14-9-11-5-2-6-12(7-11)15-13(16)8-10-3-1-4-10/h2,5-7,10H,1,3-4,8-9H2,(H,15,16). The molecule has 1 fully saturated rings. The van der Waals surface area contributed by atoms with Gasteiger partial charge in [-0.3, -0.25) is 4.79 Å². The number of hydrogen-bond acceptors (Lipinski definition) is 1. The zero-order chi connectivity index (χ0) is 11.4.